The largest absolute Gasteiger partial charge is 0.481 e. The second kappa shape index (κ2) is 4.27. The third kappa shape index (κ3) is 4.06. The molecule has 6 heteroatoms. The number of carboxylic acid groups (broad SMARTS) is 1. The fourth-order valence-corrected chi connectivity index (χ4v) is 2.11. The highest BCUT2D eigenvalue weighted by molar-refractivity contribution is 7.88. The molecule has 1 saturated carbocycles. The third-order valence-electron chi connectivity index (χ3n) is 2.20. The smallest absolute Gasteiger partial charge is 0.304 e. The quantitative estimate of drug-likeness (QED) is 0.692. The second-order valence-corrected chi connectivity index (χ2v) is 5.69. The average Bonchev–Trinajstić information content (AvgIpc) is 2.78. The van der Waals surface area contributed by atoms with Gasteiger partial charge in [0.15, 0.2) is 0 Å². The van der Waals surface area contributed by atoms with Gasteiger partial charge in [0.25, 0.3) is 0 Å². The molecule has 0 bridgehead atoms. The topological polar surface area (TPSA) is 74.7 Å². The van der Waals surface area contributed by atoms with E-state index in [-0.39, 0.29) is 13.0 Å². The van der Waals surface area contributed by atoms with Crippen molar-refractivity contribution < 1.29 is 18.3 Å². The van der Waals surface area contributed by atoms with Gasteiger partial charge in [-0.25, -0.2) is 12.7 Å². The zero-order valence-electron chi connectivity index (χ0n) is 8.14. The van der Waals surface area contributed by atoms with Gasteiger partial charge >= 0.3 is 5.97 Å². The molecule has 0 aliphatic heterocycles. The lowest BCUT2D eigenvalue weighted by atomic mass is 10.4. The number of nitrogens with zero attached hydrogens (tertiary/aromatic N) is 1. The molecule has 0 atom stereocenters. The summed E-state index contributed by atoms with van der Waals surface area (Å²) < 4.78 is 23.7. The molecule has 5 nitrogen and oxygen atoms in total. The van der Waals surface area contributed by atoms with Gasteiger partial charge in [-0.15, -0.1) is 0 Å². The Labute approximate surface area is 83.8 Å². The molecule has 82 valence electrons. The number of hydrogen-bond donors (Lipinski definition) is 1. The summed E-state index contributed by atoms with van der Waals surface area (Å²) in [5, 5.41) is 8.46. The van der Waals surface area contributed by atoms with Crippen molar-refractivity contribution in [2.45, 2.75) is 19.3 Å². The number of sulfonamides is 1. The lowest BCUT2D eigenvalue weighted by Gasteiger charge is -2.18. The van der Waals surface area contributed by atoms with Crippen LogP contribution in [0.3, 0.4) is 0 Å². The van der Waals surface area contributed by atoms with Gasteiger partial charge in [0, 0.05) is 13.1 Å². The highest BCUT2D eigenvalue weighted by Gasteiger charge is 2.28. The minimum absolute atomic E-state index is 0.0880. The monoisotopic (exact) mass is 221 g/mol. The highest BCUT2D eigenvalue weighted by Crippen LogP contribution is 2.30. The van der Waals surface area contributed by atoms with Crippen molar-refractivity contribution in [1.82, 2.24) is 4.31 Å². The molecule has 0 saturated heterocycles. The van der Waals surface area contributed by atoms with Gasteiger partial charge in [0.1, 0.15) is 0 Å². The van der Waals surface area contributed by atoms with E-state index in [4.69, 9.17) is 5.11 Å². The summed E-state index contributed by atoms with van der Waals surface area (Å²) in [4.78, 5) is 10.3. The predicted octanol–water partition coefficient (Wildman–Crippen LogP) is 0.133. The minimum atomic E-state index is -3.25. The summed E-state index contributed by atoms with van der Waals surface area (Å²) >= 11 is 0. The molecule has 0 aromatic rings. The summed E-state index contributed by atoms with van der Waals surface area (Å²) in [7, 11) is -3.25. The van der Waals surface area contributed by atoms with E-state index < -0.39 is 16.0 Å². The molecular weight excluding hydrogens is 206 g/mol. The van der Waals surface area contributed by atoms with E-state index in [1.54, 1.807) is 0 Å². The van der Waals surface area contributed by atoms with Gasteiger partial charge in [-0.2, -0.15) is 0 Å². The molecule has 0 aromatic heterocycles. The van der Waals surface area contributed by atoms with Gasteiger partial charge in [-0.05, 0) is 18.8 Å². The fraction of sp³-hybridized carbons (Fsp3) is 0.875. The summed E-state index contributed by atoms with van der Waals surface area (Å²) in [6, 6.07) is 0. The molecule has 0 spiro atoms. The number of aliphatic carboxylic acids is 1. The Morgan fingerprint density at radius 3 is 2.43 bits per heavy atom. The molecule has 0 amide bonds. The standard InChI is InChI=1S/C8H15NO4S/c1-14(12,13)9(5-4-8(10)11)6-7-2-3-7/h7H,2-6H2,1H3,(H,10,11). The van der Waals surface area contributed by atoms with E-state index in [2.05, 4.69) is 0 Å². The fourth-order valence-electron chi connectivity index (χ4n) is 1.20. The van der Waals surface area contributed by atoms with Crippen LogP contribution in [0.25, 0.3) is 0 Å². The maximum atomic E-state index is 11.2. The second-order valence-electron chi connectivity index (χ2n) is 3.71. The van der Waals surface area contributed by atoms with Crippen molar-refractivity contribution in [1.29, 1.82) is 0 Å². The minimum Gasteiger partial charge on any atom is -0.481 e. The van der Waals surface area contributed by atoms with Crippen molar-refractivity contribution >= 4 is 16.0 Å². The van der Waals surface area contributed by atoms with Crippen LogP contribution in [0.4, 0.5) is 0 Å². The third-order valence-corrected chi connectivity index (χ3v) is 3.47. The molecule has 1 aliphatic rings. The Morgan fingerprint density at radius 1 is 1.50 bits per heavy atom. The van der Waals surface area contributed by atoms with Gasteiger partial charge in [-0.3, -0.25) is 4.79 Å². The normalized spacial score (nSPS) is 17.3. The van der Waals surface area contributed by atoms with E-state index in [1.807, 2.05) is 0 Å². The zero-order valence-corrected chi connectivity index (χ0v) is 8.96. The number of carbonyl (C=O) groups is 1. The molecule has 0 unspecified atom stereocenters. The van der Waals surface area contributed by atoms with E-state index in [0.29, 0.717) is 12.5 Å². The molecule has 1 N–H and O–H groups in total. The van der Waals surface area contributed by atoms with Crippen molar-refractivity contribution in [3.63, 3.8) is 0 Å². The van der Waals surface area contributed by atoms with E-state index in [9.17, 15) is 13.2 Å². The van der Waals surface area contributed by atoms with Gasteiger partial charge < -0.3 is 5.11 Å². The van der Waals surface area contributed by atoms with Crippen molar-refractivity contribution in [3.8, 4) is 0 Å². The first-order valence-electron chi connectivity index (χ1n) is 4.56. The maximum absolute atomic E-state index is 11.2. The van der Waals surface area contributed by atoms with Crippen molar-refractivity contribution in [2.24, 2.45) is 5.92 Å². The Bertz CT molecular complexity index is 307. The number of carboxylic acids is 1. The van der Waals surface area contributed by atoms with Crippen LogP contribution in [0, 0.1) is 5.92 Å². The first kappa shape index (κ1) is 11.5. The molecule has 0 radical (unpaired) electrons. The zero-order chi connectivity index (χ0) is 10.8. The van der Waals surface area contributed by atoms with Crippen LogP contribution in [-0.2, 0) is 14.8 Å². The predicted molar refractivity (Wildman–Crippen MR) is 51.4 cm³/mol. The Hall–Kier alpha value is -0.620. The van der Waals surface area contributed by atoms with Crippen LogP contribution in [0.2, 0.25) is 0 Å². The van der Waals surface area contributed by atoms with Crippen molar-refractivity contribution in [3.05, 3.63) is 0 Å². The summed E-state index contributed by atoms with van der Waals surface area (Å²) in [6.07, 6.45) is 3.11. The lowest BCUT2D eigenvalue weighted by molar-refractivity contribution is -0.137. The molecule has 1 aliphatic carbocycles. The number of hydrogen-bond acceptors (Lipinski definition) is 3. The molecule has 14 heavy (non-hydrogen) atoms. The van der Waals surface area contributed by atoms with E-state index in [0.717, 1.165) is 19.1 Å². The van der Waals surface area contributed by atoms with Crippen LogP contribution in [0.5, 0.6) is 0 Å². The Morgan fingerprint density at radius 2 is 2.07 bits per heavy atom. The average molecular weight is 221 g/mol. The molecule has 0 heterocycles. The van der Waals surface area contributed by atoms with Crippen LogP contribution < -0.4 is 0 Å². The number of rotatable bonds is 6. The summed E-state index contributed by atoms with van der Waals surface area (Å²) in [5.74, 6) is -0.520. The van der Waals surface area contributed by atoms with E-state index in [1.165, 1.54) is 4.31 Å². The first-order chi connectivity index (χ1) is 6.39. The van der Waals surface area contributed by atoms with Gasteiger partial charge in [0.05, 0.1) is 12.7 Å². The van der Waals surface area contributed by atoms with E-state index >= 15 is 0 Å². The molecule has 1 fully saturated rings. The SMILES string of the molecule is CS(=O)(=O)N(CCC(=O)O)CC1CC1. The maximum Gasteiger partial charge on any atom is 0.304 e. The van der Waals surface area contributed by atoms with Gasteiger partial charge in [0.2, 0.25) is 10.0 Å². The molecule has 1 rings (SSSR count). The summed E-state index contributed by atoms with van der Waals surface area (Å²) in [5.41, 5.74) is 0. The van der Waals surface area contributed by atoms with Crippen LogP contribution in [0.1, 0.15) is 19.3 Å². The molecular formula is C8H15NO4S. The Kier molecular flexibility index (Phi) is 3.49. The van der Waals surface area contributed by atoms with Gasteiger partial charge in [-0.1, -0.05) is 0 Å². The van der Waals surface area contributed by atoms with Crippen LogP contribution >= 0.6 is 0 Å². The van der Waals surface area contributed by atoms with Crippen LogP contribution in [0.15, 0.2) is 0 Å². The first-order valence-corrected chi connectivity index (χ1v) is 6.41. The van der Waals surface area contributed by atoms with Crippen LogP contribution in [-0.4, -0.2) is 43.1 Å². The Balaban J connectivity index is 2.47. The molecule has 0 aromatic carbocycles. The van der Waals surface area contributed by atoms with Crippen molar-refractivity contribution in [2.75, 3.05) is 19.3 Å². The highest BCUT2D eigenvalue weighted by atomic mass is 32.2. The summed E-state index contributed by atoms with van der Waals surface area (Å²) in [6.45, 7) is 0.566. The lowest BCUT2D eigenvalue weighted by Crippen LogP contribution is -2.33.